The summed E-state index contributed by atoms with van der Waals surface area (Å²) in [5.74, 6) is -23.2. The molecule has 0 saturated heterocycles. The summed E-state index contributed by atoms with van der Waals surface area (Å²) in [6.07, 6.45) is -14.2. The molecule has 8 nitrogen and oxygen atoms in total. The molecule has 0 bridgehead atoms. The van der Waals surface area contributed by atoms with Gasteiger partial charge >= 0.3 is 120 Å². The van der Waals surface area contributed by atoms with E-state index in [9.17, 15) is 73.3 Å². The molecule has 19 heteroatoms. The number of carboxylic acids is 2. The van der Waals surface area contributed by atoms with Gasteiger partial charge in [-0.3, -0.25) is 9.59 Å². The maximum atomic E-state index is 12.7. The fraction of sp³-hybridized carbons (Fsp3) is 0.846. The quantitative estimate of drug-likeness (QED) is 0.156. The van der Waals surface area contributed by atoms with E-state index >= 15 is 0 Å². The van der Waals surface area contributed by atoms with Gasteiger partial charge in [-0.25, -0.2) is 0 Å². The maximum absolute atomic E-state index is 12.7. The predicted molar refractivity (Wildman–Crippen MR) is 130 cm³/mol. The van der Waals surface area contributed by atoms with Crippen molar-refractivity contribution in [2.24, 2.45) is 11.8 Å². The Morgan fingerprint density at radius 3 is 0.978 bits per heavy atom. The first kappa shape index (κ1) is 47.8. The molecular formula is C26H38F10O8Zr. The summed E-state index contributed by atoms with van der Waals surface area (Å²) in [4.78, 5) is 41.7. The average molecular weight is 760 g/mol. The van der Waals surface area contributed by atoms with Crippen molar-refractivity contribution in [3.05, 3.63) is 0 Å². The third kappa shape index (κ3) is 17.8. The minimum atomic E-state index is -5.88. The summed E-state index contributed by atoms with van der Waals surface area (Å²) < 4.78 is 134. The number of halogens is 10. The normalized spacial score (nSPS) is 14.1. The zero-order valence-corrected chi connectivity index (χ0v) is 28.4. The van der Waals surface area contributed by atoms with Crippen LogP contribution in [0.2, 0.25) is 0 Å². The van der Waals surface area contributed by atoms with E-state index in [4.69, 9.17) is 5.63 Å². The molecule has 45 heavy (non-hydrogen) atoms. The van der Waals surface area contributed by atoms with Crippen molar-refractivity contribution in [2.75, 3.05) is 0 Å². The number of rotatable bonds is 16. The van der Waals surface area contributed by atoms with E-state index in [1.807, 2.05) is 0 Å². The van der Waals surface area contributed by atoms with Crippen LogP contribution in [0.25, 0.3) is 0 Å². The molecule has 0 aromatic carbocycles. The first-order chi connectivity index (χ1) is 19.9. The van der Waals surface area contributed by atoms with Crippen molar-refractivity contribution in [1.29, 1.82) is 0 Å². The fourth-order valence-electron chi connectivity index (χ4n) is 2.69. The van der Waals surface area contributed by atoms with Gasteiger partial charge in [-0.15, -0.1) is 0 Å². The Balaban J connectivity index is -0.000000592. The second-order valence-corrected chi connectivity index (χ2v) is 12.1. The summed E-state index contributed by atoms with van der Waals surface area (Å²) in [5, 5.41) is 19.9. The number of Topliss-reactive ketones (excluding diaryl/α,β-unsaturated/α-hetero) is 2. The standard InChI is InChI=1S/2C8H9F5O3.2C5H11O.Zr/c2*1-2-4(5(14)3-6(15)16)7(9,10)8(11,12)13;2*1-4-5(2,3)6;/h2*4H,2-3H2,1H3,(H,15,16);2*4H2,1-3H3;/q;;2*-1;+4/p-2. The molecule has 2 unspecified atom stereocenters. The Hall–Kier alpha value is -1.62. The molecule has 0 aromatic rings. The van der Waals surface area contributed by atoms with Gasteiger partial charge in [-0.1, -0.05) is 13.8 Å². The molecule has 0 amide bonds. The summed E-state index contributed by atoms with van der Waals surface area (Å²) >= 11 is -1.09. The van der Waals surface area contributed by atoms with Crippen LogP contribution in [-0.4, -0.2) is 58.9 Å². The van der Waals surface area contributed by atoms with E-state index in [2.05, 4.69) is 41.5 Å². The van der Waals surface area contributed by atoms with Gasteiger partial charge in [0.25, 0.3) is 0 Å². The topological polar surface area (TPSA) is 133 Å². The average Bonchev–Trinajstić information content (AvgIpc) is 2.82. The van der Waals surface area contributed by atoms with Crippen LogP contribution in [0.1, 0.15) is 93.9 Å². The monoisotopic (exact) mass is 758 g/mol. The molecule has 0 rings (SSSR count). The van der Waals surface area contributed by atoms with Gasteiger partial charge in [-0.05, 0) is 12.8 Å². The van der Waals surface area contributed by atoms with E-state index in [0.29, 0.717) is 0 Å². The molecule has 0 aliphatic carbocycles. The summed E-state index contributed by atoms with van der Waals surface area (Å²) in [6.45, 7) is 14.7. The van der Waals surface area contributed by atoms with Crippen LogP contribution >= 0.6 is 0 Å². The van der Waals surface area contributed by atoms with Crippen molar-refractivity contribution in [3.8, 4) is 0 Å². The molecular weight excluding hydrogens is 721 g/mol. The van der Waals surface area contributed by atoms with Gasteiger partial charge in [0, 0.05) is 24.8 Å². The molecule has 2 atom stereocenters. The number of carbonyl (C=O) groups is 4. The number of hydrogen-bond acceptors (Lipinski definition) is 8. The van der Waals surface area contributed by atoms with Crippen molar-refractivity contribution in [1.82, 2.24) is 0 Å². The van der Waals surface area contributed by atoms with Crippen molar-refractivity contribution < 1.29 is 103 Å². The summed E-state index contributed by atoms with van der Waals surface area (Å²) in [6, 6.07) is 0. The molecule has 0 saturated carbocycles. The van der Waals surface area contributed by atoms with Gasteiger partial charge in [0.1, 0.15) is 11.6 Å². The number of ketones is 2. The Bertz CT molecular complexity index is 877. The zero-order valence-electron chi connectivity index (χ0n) is 25.9. The van der Waals surface area contributed by atoms with Gasteiger partial charge < -0.3 is 19.8 Å². The number of carbonyl (C=O) groups excluding carboxylic acids is 4. The number of hydrogen-bond donors (Lipinski definition) is 0. The van der Waals surface area contributed by atoms with Crippen LogP contribution in [0.5, 0.6) is 0 Å². The van der Waals surface area contributed by atoms with E-state index in [1.54, 1.807) is 0 Å². The number of carboxylic acid groups (broad SMARTS) is 2. The van der Waals surface area contributed by atoms with Crippen LogP contribution in [-0.2, 0) is 48.9 Å². The van der Waals surface area contributed by atoms with E-state index in [1.165, 1.54) is 0 Å². The van der Waals surface area contributed by atoms with Crippen molar-refractivity contribution in [2.45, 2.75) is 129 Å². The van der Waals surface area contributed by atoms with Crippen molar-refractivity contribution in [3.63, 3.8) is 0 Å². The molecule has 264 valence electrons. The Kier molecular flexibility index (Phi) is 20.5. The number of alkyl halides is 10. The molecule has 0 aromatic heterocycles. The molecule has 0 radical (unpaired) electrons. The molecule has 0 fully saturated rings. The van der Waals surface area contributed by atoms with Crippen LogP contribution in [0.4, 0.5) is 43.9 Å². The van der Waals surface area contributed by atoms with Crippen LogP contribution in [0.3, 0.4) is 0 Å². The fourth-order valence-corrected chi connectivity index (χ4v) is 4.61. The Morgan fingerprint density at radius 1 is 0.578 bits per heavy atom. The van der Waals surface area contributed by atoms with Gasteiger partial charge in [0.15, 0.2) is 0 Å². The second kappa shape index (κ2) is 19.3. The minimum absolute atomic E-state index is 0.00990. The number of aliphatic carboxylic acids is 2. The Morgan fingerprint density at radius 2 is 0.822 bits per heavy atom. The third-order valence-corrected chi connectivity index (χ3v) is 9.33. The summed E-state index contributed by atoms with van der Waals surface area (Å²) in [7, 11) is 0. The first-order valence-corrected chi connectivity index (χ1v) is 15.4. The molecule has 0 aliphatic rings. The van der Waals surface area contributed by atoms with Gasteiger partial charge in [0.05, 0.1) is 11.8 Å². The predicted octanol–water partition coefficient (Wildman–Crippen LogP) is 5.15. The molecule has 0 spiro atoms. The van der Waals surface area contributed by atoms with Crippen LogP contribution in [0, 0.1) is 11.8 Å². The Labute approximate surface area is 267 Å². The molecule has 0 N–H and O–H groups in total. The zero-order chi connectivity index (χ0) is 36.8. The van der Waals surface area contributed by atoms with Crippen molar-refractivity contribution >= 4 is 23.5 Å². The third-order valence-electron chi connectivity index (χ3n) is 6.20. The van der Waals surface area contributed by atoms with Gasteiger partial charge in [-0.2, -0.15) is 43.9 Å². The van der Waals surface area contributed by atoms with Gasteiger partial charge in [0.2, 0.25) is 0 Å². The van der Waals surface area contributed by atoms with E-state index in [0.717, 1.165) is 26.7 Å². The molecule has 0 heterocycles. The second-order valence-electron chi connectivity index (χ2n) is 10.7. The molecule has 0 aliphatic heterocycles. The first-order valence-electron chi connectivity index (χ1n) is 13.4. The van der Waals surface area contributed by atoms with E-state index in [-0.39, 0.29) is 11.2 Å². The summed E-state index contributed by atoms with van der Waals surface area (Å²) in [5.41, 5.74) is 0.0198. The van der Waals surface area contributed by atoms with E-state index < -0.39 is 109 Å². The SMILES string of the molecule is CCC(C(=O)CC(=O)[O-])C(F)(F)C(F)(F)F.CCC(C(=O)CC(=O)[O-])C(F)(F)C(F)(F)F.CCC(C)(C)[O][Zr+2][O]C(C)(C)CC. The van der Waals surface area contributed by atoms with Crippen LogP contribution in [0.15, 0.2) is 0 Å². The van der Waals surface area contributed by atoms with Crippen LogP contribution < -0.4 is 10.2 Å².